The minimum absolute atomic E-state index is 0.464. The standard InChI is InChI=1S/C9H10/c1-2-6-9-7-4-3-5-8-9/h2-5,7-8H,1,6H2/i2D. The van der Waals surface area contributed by atoms with E-state index < -0.39 is 0 Å². The second kappa shape index (κ2) is 3.08. The van der Waals surface area contributed by atoms with Crippen molar-refractivity contribution in [3.8, 4) is 0 Å². The van der Waals surface area contributed by atoms with Gasteiger partial charge in [0.1, 0.15) is 0 Å². The highest BCUT2D eigenvalue weighted by atomic mass is 13.9. The predicted octanol–water partition coefficient (Wildman–Crippen LogP) is 2.42. The number of hydrogen-bond acceptors (Lipinski definition) is 0. The van der Waals surface area contributed by atoms with Crippen LogP contribution in [0.3, 0.4) is 0 Å². The van der Waals surface area contributed by atoms with E-state index in [4.69, 9.17) is 1.37 Å². The molecule has 0 aliphatic heterocycles. The molecule has 0 saturated heterocycles. The maximum absolute atomic E-state index is 7.12. The van der Waals surface area contributed by atoms with Crippen LogP contribution < -0.4 is 0 Å². The Morgan fingerprint density at radius 1 is 1.44 bits per heavy atom. The minimum atomic E-state index is 0.464. The van der Waals surface area contributed by atoms with E-state index in [1.165, 1.54) is 0 Å². The molecule has 46 valence electrons. The molecule has 0 aromatic heterocycles. The first-order valence-electron chi connectivity index (χ1n) is 3.47. The third kappa shape index (κ3) is 1.73. The topological polar surface area (TPSA) is 0 Å². The van der Waals surface area contributed by atoms with Gasteiger partial charge in [0, 0.05) is 0 Å². The maximum Gasteiger partial charge on any atom is 0.0573 e. The third-order valence-corrected chi connectivity index (χ3v) is 1.17. The minimum Gasteiger partial charge on any atom is -0.103 e. The molecule has 9 heavy (non-hydrogen) atoms. The van der Waals surface area contributed by atoms with Gasteiger partial charge < -0.3 is 0 Å². The Balaban J connectivity index is 2.67. The molecule has 0 fully saturated rings. The zero-order valence-corrected chi connectivity index (χ0v) is 5.30. The van der Waals surface area contributed by atoms with E-state index in [2.05, 4.69) is 6.58 Å². The molecule has 0 saturated carbocycles. The van der Waals surface area contributed by atoms with Crippen molar-refractivity contribution in [2.24, 2.45) is 0 Å². The first-order chi connectivity index (χ1) is 4.79. The molecule has 0 spiro atoms. The van der Waals surface area contributed by atoms with Crippen LogP contribution in [0.25, 0.3) is 0 Å². The van der Waals surface area contributed by atoms with Gasteiger partial charge in [0.2, 0.25) is 0 Å². The molecule has 1 aromatic rings. The Hall–Kier alpha value is -1.04. The van der Waals surface area contributed by atoms with Crippen molar-refractivity contribution in [3.63, 3.8) is 0 Å². The van der Waals surface area contributed by atoms with Crippen LogP contribution in [0.2, 0.25) is 0 Å². The van der Waals surface area contributed by atoms with Crippen molar-refractivity contribution < 1.29 is 1.37 Å². The van der Waals surface area contributed by atoms with Crippen molar-refractivity contribution in [2.75, 3.05) is 0 Å². The van der Waals surface area contributed by atoms with E-state index in [-0.39, 0.29) is 0 Å². The summed E-state index contributed by atoms with van der Waals surface area (Å²) in [5, 5.41) is 0. The molecule has 0 heteroatoms. The van der Waals surface area contributed by atoms with E-state index in [0.717, 1.165) is 5.56 Å². The van der Waals surface area contributed by atoms with E-state index in [9.17, 15) is 0 Å². The van der Waals surface area contributed by atoms with Gasteiger partial charge in [-0.25, -0.2) is 0 Å². The molecule has 0 heterocycles. The molecule has 0 N–H and O–H groups in total. The van der Waals surface area contributed by atoms with Crippen LogP contribution >= 0.6 is 0 Å². The molecule has 0 atom stereocenters. The summed E-state index contributed by atoms with van der Waals surface area (Å²) in [7, 11) is 0. The zero-order chi connectivity index (χ0) is 7.40. The fourth-order valence-corrected chi connectivity index (χ4v) is 0.740. The molecule has 0 aliphatic rings. The van der Waals surface area contributed by atoms with Crippen molar-refractivity contribution in [1.29, 1.82) is 0 Å². The van der Waals surface area contributed by atoms with E-state index in [1.54, 1.807) is 0 Å². The van der Waals surface area contributed by atoms with Crippen LogP contribution in [0.15, 0.2) is 43.0 Å². The van der Waals surface area contributed by atoms with Gasteiger partial charge in [0.25, 0.3) is 0 Å². The van der Waals surface area contributed by atoms with Gasteiger partial charge in [-0.05, 0) is 12.0 Å². The first kappa shape index (κ1) is 4.80. The van der Waals surface area contributed by atoms with Gasteiger partial charge in [-0.15, -0.1) is 6.58 Å². The molecular weight excluding hydrogens is 108 g/mol. The third-order valence-electron chi connectivity index (χ3n) is 1.17. The molecule has 1 aromatic carbocycles. The Kier molecular flexibility index (Phi) is 1.64. The smallest absolute Gasteiger partial charge is 0.0573 e. The van der Waals surface area contributed by atoms with Crippen molar-refractivity contribution in [2.45, 2.75) is 6.42 Å². The number of rotatable bonds is 2. The molecule has 0 bridgehead atoms. The molecule has 0 unspecified atom stereocenters. The fourth-order valence-electron chi connectivity index (χ4n) is 0.740. The predicted molar refractivity (Wildman–Crippen MR) is 40.3 cm³/mol. The Labute approximate surface area is 57.2 Å². The molecule has 0 amide bonds. The van der Waals surface area contributed by atoms with E-state index in [0.29, 0.717) is 12.5 Å². The summed E-state index contributed by atoms with van der Waals surface area (Å²) in [6.07, 6.45) is 0.668. The Morgan fingerprint density at radius 3 is 2.67 bits per heavy atom. The highest BCUT2D eigenvalue weighted by Gasteiger charge is 1.82. The quantitative estimate of drug-likeness (QED) is 0.524. The lowest BCUT2D eigenvalue weighted by Gasteiger charge is -1.91. The summed E-state index contributed by atoms with van der Waals surface area (Å²) in [5.41, 5.74) is 1.16. The average Bonchev–Trinajstić information content (AvgIpc) is 1.88. The van der Waals surface area contributed by atoms with Crippen LogP contribution in [-0.2, 0) is 6.42 Å². The Bertz CT molecular complexity index is 213. The van der Waals surface area contributed by atoms with Crippen molar-refractivity contribution >= 4 is 0 Å². The fraction of sp³-hybridized carbons (Fsp3) is 0.111. The number of benzene rings is 1. The second-order valence-electron chi connectivity index (χ2n) is 1.91. The van der Waals surface area contributed by atoms with E-state index >= 15 is 0 Å². The molecule has 0 aliphatic carbocycles. The summed E-state index contributed by atoms with van der Waals surface area (Å²) in [6, 6.07) is 10.4. The lowest BCUT2D eigenvalue weighted by Crippen LogP contribution is -1.75. The highest BCUT2D eigenvalue weighted by Crippen LogP contribution is 1.98. The van der Waals surface area contributed by atoms with Crippen molar-refractivity contribution in [1.82, 2.24) is 0 Å². The van der Waals surface area contributed by atoms with Gasteiger partial charge in [-0.3, -0.25) is 0 Å². The van der Waals surface area contributed by atoms with Gasteiger partial charge in [0.05, 0.1) is 1.37 Å². The Morgan fingerprint density at radius 2 is 2.11 bits per heavy atom. The number of hydrogen-bond donors (Lipinski definition) is 0. The van der Waals surface area contributed by atoms with Gasteiger partial charge in [-0.1, -0.05) is 36.4 Å². The lowest BCUT2D eigenvalue weighted by molar-refractivity contribution is 1.28. The van der Waals surface area contributed by atoms with E-state index in [1.807, 2.05) is 30.3 Å². The zero-order valence-electron chi connectivity index (χ0n) is 6.30. The van der Waals surface area contributed by atoms with Crippen LogP contribution in [-0.4, -0.2) is 0 Å². The molecular formula is C9H10. The summed E-state index contributed by atoms with van der Waals surface area (Å²) in [4.78, 5) is 0. The number of allylic oxidation sites excluding steroid dienone is 1. The van der Waals surface area contributed by atoms with Gasteiger partial charge >= 0.3 is 0 Å². The van der Waals surface area contributed by atoms with Crippen LogP contribution in [0.5, 0.6) is 0 Å². The van der Waals surface area contributed by atoms with Crippen LogP contribution in [0, 0.1) is 0 Å². The maximum atomic E-state index is 7.12. The summed E-state index contributed by atoms with van der Waals surface area (Å²) < 4.78 is 7.12. The summed E-state index contributed by atoms with van der Waals surface area (Å²) in [5.74, 6) is 0. The first-order valence-corrected chi connectivity index (χ1v) is 2.97. The summed E-state index contributed by atoms with van der Waals surface area (Å²) >= 11 is 0. The SMILES string of the molecule is [2H]C(=C)Cc1ccccc1. The molecule has 1 rings (SSSR count). The largest absolute Gasteiger partial charge is 0.103 e. The van der Waals surface area contributed by atoms with Gasteiger partial charge in [0.15, 0.2) is 0 Å². The monoisotopic (exact) mass is 119 g/mol. The normalized spacial score (nSPS) is 10.4. The average molecular weight is 119 g/mol. The summed E-state index contributed by atoms with van der Waals surface area (Å²) in [6.45, 7) is 3.52. The van der Waals surface area contributed by atoms with Crippen LogP contribution in [0.4, 0.5) is 0 Å². The van der Waals surface area contributed by atoms with Crippen LogP contribution in [0.1, 0.15) is 6.93 Å². The highest BCUT2D eigenvalue weighted by molar-refractivity contribution is 5.16. The second-order valence-corrected chi connectivity index (χ2v) is 1.91. The molecule has 0 radical (unpaired) electrons. The lowest BCUT2D eigenvalue weighted by atomic mass is 10.2. The van der Waals surface area contributed by atoms with Gasteiger partial charge in [-0.2, -0.15) is 0 Å². The molecule has 0 nitrogen and oxygen atoms in total. The van der Waals surface area contributed by atoms with Crippen molar-refractivity contribution in [3.05, 3.63) is 48.5 Å².